The first kappa shape index (κ1) is 12.5. The summed E-state index contributed by atoms with van der Waals surface area (Å²) in [6.07, 6.45) is 0. The maximum absolute atomic E-state index is 9.71. The third-order valence-corrected chi connectivity index (χ3v) is 1.34. The van der Waals surface area contributed by atoms with Gasteiger partial charge in [-0.05, 0) is 0 Å². The van der Waals surface area contributed by atoms with Crippen molar-refractivity contribution in [2.45, 2.75) is 5.44 Å². The van der Waals surface area contributed by atoms with E-state index in [-0.39, 0.29) is 31.0 Å². The monoisotopic (exact) mass is 166 g/mol. The van der Waals surface area contributed by atoms with E-state index in [1.165, 1.54) is 0 Å². The summed E-state index contributed by atoms with van der Waals surface area (Å²) in [5.41, 5.74) is -2.07. The molecule has 0 aromatic rings. The molecule has 1 unspecified atom stereocenters. The Morgan fingerprint density at radius 3 is 1.89 bits per heavy atom. The average molecular weight is 166 g/mol. The molecule has 0 amide bonds. The van der Waals surface area contributed by atoms with Crippen LogP contribution < -0.4 is 29.6 Å². The minimum absolute atomic E-state index is 0. The maximum Gasteiger partial charge on any atom is 1.00 e. The van der Waals surface area contributed by atoms with E-state index in [4.69, 9.17) is 14.8 Å². The molecule has 0 aliphatic rings. The van der Waals surface area contributed by atoms with Crippen LogP contribution in [0.4, 0.5) is 0 Å². The minimum Gasteiger partial charge on any atom is -1.00 e. The van der Waals surface area contributed by atoms with Crippen molar-refractivity contribution in [1.29, 1.82) is 0 Å². The van der Waals surface area contributed by atoms with Gasteiger partial charge >= 0.3 is 29.6 Å². The number of rotatable bonds is 2. The minimum atomic E-state index is -4.45. The SMILES string of the molecule is O=S(=O)(O)C(O)CO.[H-].[Na+]. The van der Waals surface area contributed by atoms with Gasteiger partial charge in [0.15, 0.2) is 0 Å². The average Bonchev–Trinajstić information content (AvgIpc) is 1.62. The number of hydrogen-bond donors (Lipinski definition) is 3. The van der Waals surface area contributed by atoms with E-state index in [0.717, 1.165) is 0 Å². The van der Waals surface area contributed by atoms with Gasteiger partial charge in [0.1, 0.15) is 0 Å². The van der Waals surface area contributed by atoms with Crippen LogP contribution in [0.3, 0.4) is 0 Å². The predicted octanol–water partition coefficient (Wildman–Crippen LogP) is -4.70. The van der Waals surface area contributed by atoms with Crippen LogP contribution in [0.5, 0.6) is 0 Å². The predicted molar refractivity (Wildman–Crippen MR) is 25.8 cm³/mol. The van der Waals surface area contributed by atoms with Crippen molar-refractivity contribution in [3.63, 3.8) is 0 Å². The molecule has 0 aliphatic heterocycles. The molecule has 52 valence electrons. The summed E-state index contributed by atoms with van der Waals surface area (Å²) in [6, 6.07) is 0. The fraction of sp³-hybridized carbons (Fsp3) is 1.00. The molecule has 0 saturated carbocycles. The van der Waals surface area contributed by atoms with E-state index in [0.29, 0.717) is 0 Å². The van der Waals surface area contributed by atoms with Crippen molar-refractivity contribution in [1.82, 2.24) is 0 Å². The van der Waals surface area contributed by atoms with Crippen molar-refractivity contribution < 1.29 is 54.2 Å². The van der Waals surface area contributed by atoms with Gasteiger partial charge in [-0.25, -0.2) is 0 Å². The van der Waals surface area contributed by atoms with Crippen LogP contribution in [0.25, 0.3) is 0 Å². The smallest absolute Gasteiger partial charge is 1.00 e. The summed E-state index contributed by atoms with van der Waals surface area (Å²) < 4.78 is 27.3. The Morgan fingerprint density at radius 2 is 1.89 bits per heavy atom. The molecule has 5 nitrogen and oxygen atoms in total. The first-order valence-electron chi connectivity index (χ1n) is 1.73. The third-order valence-electron chi connectivity index (χ3n) is 0.500. The molecule has 0 spiro atoms. The quantitative estimate of drug-likeness (QED) is 0.283. The Labute approximate surface area is 76.2 Å². The fourth-order valence-corrected chi connectivity index (χ4v) is 0.283. The van der Waals surface area contributed by atoms with Gasteiger partial charge in [-0.15, -0.1) is 0 Å². The van der Waals surface area contributed by atoms with Gasteiger partial charge in [-0.3, -0.25) is 4.55 Å². The van der Waals surface area contributed by atoms with Gasteiger partial charge in [0, 0.05) is 0 Å². The summed E-state index contributed by atoms with van der Waals surface area (Å²) >= 11 is 0. The van der Waals surface area contributed by atoms with Gasteiger partial charge in [0.25, 0.3) is 10.1 Å². The molecule has 0 heterocycles. The Bertz CT molecular complexity index is 155. The Kier molecular flexibility index (Phi) is 6.41. The molecule has 0 aromatic heterocycles. The zero-order chi connectivity index (χ0) is 6.78. The van der Waals surface area contributed by atoms with Crippen molar-refractivity contribution in [2.24, 2.45) is 0 Å². The second kappa shape index (κ2) is 4.62. The first-order valence-corrected chi connectivity index (χ1v) is 3.24. The normalized spacial score (nSPS) is 14.1. The van der Waals surface area contributed by atoms with E-state index >= 15 is 0 Å². The summed E-state index contributed by atoms with van der Waals surface area (Å²) in [5, 5.41) is 16.0. The van der Waals surface area contributed by atoms with Crippen LogP contribution in [-0.2, 0) is 10.1 Å². The van der Waals surface area contributed by atoms with Crippen molar-refractivity contribution in [3.05, 3.63) is 0 Å². The Morgan fingerprint density at radius 1 is 1.56 bits per heavy atom. The largest absolute Gasteiger partial charge is 1.00 e. The molecule has 0 aliphatic carbocycles. The van der Waals surface area contributed by atoms with Crippen molar-refractivity contribution >= 4 is 10.1 Å². The second-order valence-electron chi connectivity index (χ2n) is 1.15. The van der Waals surface area contributed by atoms with Crippen LogP contribution in [-0.4, -0.2) is 35.2 Å². The molecule has 0 fully saturated rings. The summed E-state index contributed by atoms with van der Waals surface area (Å²) in [4.78, 5) is 0. The maximum atomic E-state index is 9.71. The molecule has 3 N–H and O–H groups in total. The molecule has 0 saturated heterocycles. The molecular weight excluding hydrogens is 159 g/mol. The van der Waals surface area contributed by atoms with Gasteiger partial charge in [-0.1, -0.05) is 0 Å². The first-order chi connectivity index (χ1) is 3.48. The van der Waals surface area contributed by atoms with Gasteiger partial charge < -0.3 is 11.6 Å². The number of aliphatic hydroxyl groups excluding tert-OH is 2. The topological polar surface area (TPSA) is 94.8 Å². The van der Waals surface area contributed by atoms with Gasteiger partial charge in [0.2, 0.25) is 5.44 Å². The summed E-state index contributed by atoms with van der Waals surface area (Å²) in [5.74, 6) is 0. The summed E-state index contributed by atoms with van der Waals surface area (Å²) in [6.45, 7) is -0.987. The van der Waals surface area contributed by atoms with E-state index < -0.39 is 22.2 Å². The number of aliphatic hydroxyl groups is 2. The van der Waals surface area contributed by atoms with E-state index in [9.17, 15) is 8.42 Å². The molecule has 0 aromatic carbocycles. The van der Waals surface area contributed by atoms with Crippen LogP contribution in [0.1, 0.15) is 1.43 Å². The Hall–Kier alpha value is 0.830. The standard InChI is InChI=1S/C2H6O5S.Na.H/c3-1-2(4)8(5,6)7;;/h2-4H,1H2,(H,5,6,7);;/q;+1;-1. The fourth-order valence-electron chi connectivity index (χ4n) is 0.0942. The molecule has 0 bridgehead atoms. The zero-order valence-corrected chi connectivity index (χ0v) is 7.67. The molecule has 1 atom stereocenters. The van der Waals surface area contributed by atoms with Crippen LogP contribution in [0.15, 0.2) is 0 Å². The van der Waals surface area contributed by atoms with Crippen molar-refractivity contribution in [2.75, 3.05) is 6.61 Å². The van der Waals surface area contributed by atoms with Crippen LogP contribution >= 0.6 is 0 Å². The molecular formula is C2H7NaO5S. The van der Waals surface area contributed by atoms with E-state index in [1.807, 2.05) is 0 Å². The molecule has 9 heavy (non-hydrogen) atoms. The summed E-state index contributed by atoms with van der Waals surface area (Å²) in [7, 11) is -4.45. The van der Waals surface area contributed by atoms with E-state index in [1.54, 1.807) is 0 Å². The van der Waals surface area contributed by atoms with Crippen molar-refractivity contribution in [3.8, 4) is 0 Å². The molecule has 0 rings (SSSR count). The van der Waals surface area contributed by atoms with Crippen LogP contribution in [0.2, 0.25) is 0 Å². The van der Waals surface area contributed by atoms with Crippen LogP contribution in [0, 0.1) is 0 Å². The zero-order valence-electron chi connectivity index (χ0n) is 5.85. The van der Waals surface area contributed by atoms with Gasteiger partial charge in [0.05, 0.1) is 6.61 Å². The van der Waals surface area contributed by atoms with E-state index in [2.05, 4.69) is 0 Å². The molecule has 0 radical (unpaired) electrons. The van der Waals surface area contributed by atoms with Gasteiger partial charge in [-0.2, -0.15) is 8.42 Å². The Balaban J connectivity index is -0.000000245. The third kappa shape index (κ3) is 5.28. The number of hydrogen-bond acceptors (Lipinski definition) is 4. The second-order valence-corrected chi connectivity index (χ2v) is 2.73. The molecule has 7 heteroatoms.